The second-order valence-corrected chi connectivity index (χ2v) is 20.6. The van der Waals surface area contributed by atoms with Crippen LogP contribution in [-0.2, 0) is 47.7 Å². The Bertz CT molecular complexity index is 1920. The number of aliphatic hydroxyl groups excluding tert-OH is 2. The van der Waals surface area contributed by atoms with Gasteiger partial charge in [-0.3, -0.25) is 19.2 Å². The monoisotopic (exact) mass is 981 g/mol. The minimum Gasteiger partial charge on any atom is -0.459 e. The van der Waals surface area contributed by atoms with E-state index in [2.05, 4.69) is 5.92 Å². The number of allylic oxidation sites excluding steroid dienone is 6. The van der Waals surface area contributed by atoms with Crippen LogP contribution < -0.4 is 5.73 Å². The number of cyclic esters (lactones) is 1. The number of ether oxygens (including phenoxy) is 5. The predicted molar refractivity (Wildman–Crippen MR) is 266 cm³/mol. The van der Waals surface area contributed by atoms with E-state index in [0.717, 1.165) is 29.7 Å². The fraction of sp³-hybridized carbons (Fsp3) is 0.727. The third-order valence-corrected chi connectivity index (χ3v) is 15.0. The molecule has 1 amide bonds. The third-order valence-electron chi connectivity index (χ3n) is 15.0. The van der Waals surface area contributed by atoms with E-state index in [1.54, 1.807) is 35.0 Å². The minimum absolute atomic E-state index is 0.0307. The van der Waals surface area contributed by atoms with Crippen molar-refractivity contribution in [2.24, 2.45) is 35.3 Å². The molecule has 0 aromatic heterocycles. The van der Waals surface area contributed by atoms with Crippen LogP contribution >= 0.6 is 0 Å². The number of Topliss-reactive ketones (excluding diaryl/α,β-unsaturated/α-hetero) is 3. The largest absolute Gasteiger partial charge is 0.459 e. The SMILES string of the molecule is C#CCCCCO[C@@H]1CC[C@@H](C[C@@H](N)[C@@H]2CC(=O)[C@H](C)/C=C(\C)[C@@H](O)[C@@H](O)C(=O)[C@H](C)C[C@H](C)/C=C/C=C/C=C(\C)[C@@H](OC)C[C@@H]3CC[C@@H](C)[C@@](O)(O3)C(=O)C(=O)N3CCCC[C@H]3C(=O)O2)C[C@H]1OC. The van der Waals surface area contributed by atoms with Gasteiger partial charge in [0.2, 0.25) is 5.79 Å². The van der Waals surface area contributed by atoms with Crippen LogP contribution in [0.25, 0.3) is 0 Å². The van der Waals surface area contributed by atoms with Gasteiger partial charge in [0.25, 0.3) is 11.7 Å². The Kier molecular flexibility index (Phi) is 23.8. The van der Waals surface area contributed by atoms with E-state index in [4.69, 9.17) is 35.8 Å². The van der Waals surface area contributed by atoms with E-state index in [0.29, 0.717) is 70.8 Å². The van der Waals surface area contributed by atoms with Crippen molar-refractivity contribution in [3.05, 3.63) is 47.6 Å². The standard InChI is InChI=1S/C55H84N2O13/c1-10-11-12-18-27-68-45-25-23-40(31-48(45)67-9)30-42(56)47-33-44(58)36(4)29-38(6)50(60)51(61)49(59)37(5)28-34(2)19-14-13-15-20-35(3)46(66-8)32-41-24-22-39(7)55(65,70-41)52(62)53(63)57-26-17-16-21-43(57)54(64)69-47/h1,13-15,19-20,29,34,36-37,39-43,45-48,50-51,60-61,65H,11-12,16-18,21-28,30-33,56H2,2-9H3/b15-13+,19-14+,35-20+,38-29+/t34-,36-,37-,39-,40+,41+,42-,43+,45-,46+,47+,48-,50-,51+,55-/m1/s1. The topological polar surface area (TPSA) is 221 Å². The van der Waals surface area contributed by atoms with E-state index >= 15 is 0 Å². The van der Waals surface area contributed by atoms with Gasteiger partial charge in [-0.1, -0.05) is 64.2 Å². The van der Waals surface area contributed by atoms with Crippen molar-refractivity contribution >= 4 is 29.2 Å². The molecule has 5 N–H and O–H groups in total. The summed E-state index contributed by atoms with van der Waals surface area (Å²) in [6.07, 6.45) is 17.8. The Balaban J connectivity index is 1.66. The first-order valence-corrected chi connectivity index (χ1v) is 25.7. The second-order valence-electron chi connectivity index (χ2n) is 20.6. The molecule has 2 saturated heterocycles. The summed E-state index contributed by atoms with van der Waals surface area (Å²) in [5.74, 6) is -5.95. The molecule has 4 rings (SSSR count). The second kappa shape index (κ2) is 28.4. The van der Waals surface area contributed by atoms with Gasteiger partial charge in [-0.2, -0.15) is 0 Å². The molecule has 15 atom stereocenters. The maximum absolute atomic E-state index is 14.4. The normalized spacial score (nSPS) is 38.2. The lowest BCUT2D eigenvalue weighted by atomic mass is 9.80. The number of ketones is 3. The highest BCUT2D eigenvalue weighted by Gasteiger charge is 2.53. The molecule has 0 unspecified atom stereocenters. The summed E-state index contributed by atoms with van der Waals surface area (Å²) in [6.45, 7) is 11.0. The van der Waals surface area contributed by atoms with Crippen molar-refractivity contribution in [2.45, 2.75) is 198 Å². The first kappa shape index (κ1) is 58.7. The molecule has 0 spiro atoms. The Morgan fingerprint density at radius 2 is 1.63 bits per heavy atom. The molecule has 3 fully saturated rings. The summed E-state index contributed by atoms with van der Waals surface area (Å²) in [7, 11) is 3.20. The van der Waals surface area contributed by atoms with Crippen LogP contribution in [0.15, 0.2) is 47.6 Å². The van der Waals surface area contributed by atoms with Crippen molar-refractivity contribution in [2.75, 3.05) is 27.4 Å². The minimum atomic E-state index is -2.46. The summed E-state index contributed by atoms with van der Waals surface area (Å²) < 4.78 is 30.2. The molecule has 3 aliphatic heterocycles. The maximum Gasteiger partial charge on any atom is 0.329 e. The van der Waals surface area contributed by atoms with Crippen LogP contribution in [0.1, 0.15) is 138 Å². The Morgan fingerprint density at radius 3 is 2.33 bits per heavy atom. The molecule has 15 nitrogen and oxygen atoms in total. The van der Waals surface area contributed by atoms with Crippen molar-refractivity contribution in [1.82, 2.24) is 4.90 Å². The van der Waals surface area contributed by atoms with Crippen LogP contribution in [0.2, 0.25) is 0 Å². The molecule has 15 heteroatoms. The number of fused-ring (bicyclic) bond motifs is 3. The van der Waals surface area contributed by atoms with Gasteiger partial charge in [-0.15, -0.1) is 12.3 Å². The quantitative estimate of drug-likeness (QED) is 0.0645. The number of hydrogen-bond acceptors (Lipinski definition) is 14. The number of amides is 1. The molecule has 4 aliphatic rings. The van der Waals surface area contributed by atoms with E-state index in [-0.39, 0.29) is 54.8 Å². The first-order chi connectivity index (χ1) is 33.2. The molecule has 0 radical (unpaired) electrons. The molecule has 70 heavy (non-hydrogen) atoms. The Hall–Kier alpha value is -3.85. The number of esters is 1. The summed E-state index contributed by atoms with van der Waals surface area (Å²) in [6, 6.07) is -2.04. The van der Waals surface area contributed by atoms with Gasteiger partial charge in [0, 0.05) is 70.4 Å². The van der Waals surface area contributed by atoms with Gasteiger partial charge in [0.05, 0.1) is 24.4 Å². The number of nitrogens with zero attached hydrogens (tertiary/aromatic N) is 1. The molecule has 392 valence electrons. The van der Waals surface area contributed by atoms with Crippen LogP contribution in [0, 0.1) is 41.9 Å². The van der Waals surface area contributed by atoms with Gasteiger partial charge in [0.15, 0.2) is 5.78 Å². The van der Waals surface area contributed by atoms with Crippen molar-refractivity contribution in [1.29, 1.82) is 0 Å². The zero-order chi connectivity index (χ0) is 51.7. The highest BCUT2D eigenvalue weighted by molar-refractivity contribution is 6.39. The zero-order valence-corrected chi connectivity index (χ0v) is 43.1. The Labute approximate surface area is 417 Å². The molecule has 2 bridgehead atoms. The highest BCUT2D eigenvalue weighted by atomic mass is 16.6. The van der Waals surface area contributed by atoms with Crippen LogP contribution in [0.4, 0.5) is 0 Å². The summed E-state index contributed by atoms with van der Waals surface area (Å²) in [4.78, 5) is 71.6. The molecule has 0 aromatic carbocycles. The number of aliphatic hydroxyl groups is 3. The lowest BCUT2D eigenvalue weighted by Crippen LogP contribution is -2.61. The fourth-order valence-electron chi connectivity index (χ4n) is 10.4. The lowest BCUT2D eigenvalue weighted by molar-refractivity contribution is -0.265. The molecular weight excluding hydrogens is 897 g/mol. The fourth-order valence-corrected chi connectivity index (χ4v) is 10.4. The third kappa shape index (κ3) is 16.3. The van der Waals surface area contributed by atoms with Gasteiger partial charge < -0.3 is 49.6 Å². The zero-order valence-electron chi connectivity index (χ0n) is 43.1. The van der Waals surface area contributed by atoms with E-state index in [1.807, 2.05) is 44.2 Å². The molecular formula is C55H84N2O13. The lowest BCUT2D eigenvalue weighted by Gasteiger charge is -2.42. The van der Waals surface area contributed by atoms with Crippen molar-refractivity contribution in [3.8, 4) is 12.3 Å². The number of unbranched alkanes of at least 4 members (excludes halogenated alkanes) is 2. The van der Waals surface area contributed by atoms with Crippen LogP contribution in [-0.4, -0.2) is 137 Å². The van der Waals surface area contributed by atoms with E-state index in [1.165, 1.54) is 13.0 Å². The number of methoxy groups -OCH3 is 2. The number of carbonyl (C=O) groups is 5. The van der Waals surface area contributed by atoms with E-state index in [9.17, 15) is 39.3 Å². The average molecular weight is 981 g/mol. The average Bonchev–Trinajstić information content (AvgIpc) is 3.34. The smallest absolute Gasteiger partial charge is 0.329 e. The summed E-state index contributed by atoms with van der Waals surface area (Å²) in [5, 5.41) is 34.2. The van der Waals surface area contributed by atoms with Gasteiger partial charge in [-0.05, 0) is 114 Å². The van der Waals surface area contributed by atoms with Crippen LogP contribution in [0.3, 0.4) is 0 Å². The van der Waals surface area contributed by atoms with Crippen LogP contribution in [0.5, 0.6) is 0 Å². The summed E-state index contributed by atoms with van der Waals surface area (Å²) >= 11 is 0. The maximum atomic E-state index is 14.4. The molecule has 3 heterocycles. The Morgan fingerprint density at radius 1 is 0.886 bits per heavy atom. The first-order valence-electron chi connectivity index (χ1n) is 25.7. The van der Waals surface area contributed by atoms with Crippen molar-refractivity contribution < 1.29 is 63.0 Å². The number of carbonyl (C=O) groups excluding carboxylic acids is 5. The number of hydrogen-bond donors (Lipinski definition) is 4. The van der Waals surface area contributed by atoms with Crippen molar-refractivity contribution in [3.63, 3.8) is 0 Å². The number of rotatable bonds is 10. The number of piperidine rings is 1. The molecule has 0 aromatic rings. The molecule has 1 aliphatic carbocycles. The summed E-state index contributed by atoms with van der Waals surface area (Å²) in [5.41, 5.74) is 8.02. The van der Waals surface area contributed by atoms with E-state index < -0.39 is 89.6 Å². The highest BCUT2D eigenvalue weighted by Crippen LogP contribution is 2.37. The number of nitrogens with two attached hydrogens (primary N) is 1. The van der Waals surface area contributed by atoms with Gasteiger partial charge in [-0.25, -0.2) is 4.79 Å². The molecule has 1 saturated carbocycles. The number of terminal acetylenes is 1. The van der Waals surface area contributed by atoms with Gasteiger partial charge >= 0.3 is 5.97 Å². The predicted octanol–water partition coefficient (Wildman–Crippen LogP) is 6.05. The van der Waals surface area contributed by atoms with Gasteiger partial charge in [0.1, 0.15) is 30.1 Å².